The smallest absolute Gasteiger partial charge is 0.305 e. The van der Waals surface area contributed by atoms with Gasteiger partial charge in [-0.15, -0.1) is 0 Å². The van der Waals surface area contributed by atoms with Gasteiger partial charge < -0.3 is 4.74 Å². The number of rotatable bonds is 3. The van der Waals surface area contributed by atoms with Crippen molar-refractivity contribution < 1.29 is 9.53 Å². The second-order valence-electron chi connectivity index (χ2n) is 4.45. The molecule has 2 nitrogen and oxygen atoms in total. The molecule has 0 amide bonds. The summed E-state index contributed by atoms with van der Waals surface area (Å²) in [5.41, 5.74) is 0. The van der Waals surface area contributed by atoms with Gasteiger partial charge in [-0.05, 0) is 49.9 Å². The molecule has 0 aromatic carbocycles. The van der Waals surface area contributed by atoms with Gasteiger partial charge in [0.1, 0.15) is 0 Å². The van der Waals surface area contributed by atoms with Crippen molar-refractivity contribution in [2.75, 3.05) is 7.11 Å². The first kappa shape index (κ1) is 9.04. The molecular formula is C11H18O2. The Morgan fingerprint density at radius 2 is 1.77 bits per heavy atom. The maximum absolute atomic E-state index is 11.0. The fraction of sp³-hybridized carbons (Fsp3) is 0.909. The third-order valence-electron chi connectivity index (χ3n) is 3.94. The lowest BCUT2D eigenvalue weighted by Crippen LogP contribution is -2.09. The largest absolute Gasteiger partial charge is 0.469 e. The molecule has 0 saturated heterocycles. The first-order valence-corrected chi connectivity index (χ1v) is 5.38. The second-order valence-corrected chi connectivity index (χ2v) is 4.45. The van der Waals surface area contributed by atoms with Gasteiger partial charge in [0.05, 0.1) is 7.11 Å². The van der Waals surface area contributed by atoms with Crippen molar-refractivity contribution in [2.24, 2.45) is 17.8 Å². The highest BCUT2D eigenvalue weighted by Gasteiger charge is 2.40. The van der Waals surface area contributed by atoms with Crippen LogP contribution in [0.3, 0.4) is 0 Å². The Morgan fingerprint density at radius 1 is 1.23 bits per heavy atom. The van der Waals surface area contributed by atoms with Crippen molar-refractivity contribution in [2.45, 2.75) is 38.5 Å². The average molecular weight is 182 g/mol. The Labute approximate surface area is 79.7 Å². The molecule has 2 aliphatic carbocycles. The van der Waals surface area contributed by atoms with E-state index in [0.717, 1.165) is 24.2 Å². The normalized spacial score (nSPS) is 36.5. The van der Waals surface area contributed by atoms with Crippen molar-refractivity contribution in [1.29, 1.82) is 0 Å². The van der Waals surface area contributed by atoms with E-state index < -0.39 is 0 Å². The van der Waals surface area contributed by atoms with E-state index in [9.17, 15) is 4.79 Å². The highest BCUT2D eigenvalue weighted by molar-refractivity contribution is 5.69. The SMILES string of the molecule is COC(=O)CCC1C2CCC1CC2. The number of carbonyl (C=O) groups is 1. The number of hydrogen-bond acceptors (Lipinski definition) is 2. The molecule has 0 aliphatic heterocycles. The summed E-state index contributed by atoms with van der Waals surface area (Å²) in [6.07, 6.45) is 7.36. The molecule has 0 aromatic rings. The lowest BCUT2D eigenvalue weighted by molar-refractivity contribution is -0.141. The highest BCUT2D eigenvalue weighted by atomic mass is 16.5. The van der Waals surface area contributed by atoms with Crippen LogP contribution in [0.5, 0.6) is 0 Å². The van der Waals surface area contributed by atoms with Gasteiger partial charge in [0.2, 0.25) is 0 Å². The van der Waals surface area contributed by atoms with Crippen molar-refractivity contribution in [3.8, 4) is 0 Å². The maximum atomic E-state index is 11.0. The molecule has 2 fully saturated rings. The molecular weight excluding hydrogens is 164 g/mol. The molecule has 2 heteroatoms. The number of carbonyl (C=O) groups excluding carboxylic acids is 1. The van der Waals surface area contributed by atoms with E-state index in [1.54, 1.807) is 0 Å². The Balaban J connectivity index is 1.79. The zero-order valence-corrected chi connectivity index (χ0v) is 8.29. The molecule has 0 N–H and O–H groups in total. The predicted octanol–water partition coefficient (Wildman–Crippen LogP) is 2.38. The molecule has 13 heavy (non-hydrogen) atoms. The van der Waals surface area contributed by atoms with E-state index in [2.05, 4.69) is 4.74 Å². The summed E-state index contributed by atoms with van der Waals surface area (Å²) < 4.78 is 4.66. The van der Waals surface area contributed by atoms with Crippen molar-refractivity contribution in [1.82, 2.24) is 0 Å². The number of hydrogen-bond donors (Lipinski definition) is 0. The van der Waals surface area contributed by atoms with E-state index in [-0.39, 0.29) is 5.97 Å². The molecule has 0 radical (unpaired) electrons. The summed E-state index contributed by atoms with van der Waals surface area (Å²) in [7, 11) is 1.48. The molecule has 0 spiro atoms. The Bertz CT molecular complexity index is 180. The lowest BCUT2D eigenvalue weighted by atomic mass is 9.93. The molecule has 2 rings (SSSR count). The first-order valence-electron chi connectivity index (χ1n) is 5.38. The zero-order valence-electron chi connectivity index (χ0n) is 8.29. The number of fused-ring (bicyclic) bond motifs is 2. The molecule has 0 atom stereocenters. The van der Waals surface area contributed by atoms with Crippen LogP contribution < -0.4 is 0 Å². The molecule has 2 aliphatic rings. The minimum atomic E-state index is -0.0358. The van der Waals surface area contributed by atoms with Crippen LogP contribution >= 0.6 is 0 Å². The van der Waals surface area contributed by atoms with Crippen LogP contribution in [-0.4, -0.2) is 13.1 Å². The number of ether oxygens (including phenoxy) is 1. The maximum Gasteiger partial charge on any atom is 0.305 e. The summed E-state index contributed by atoms with van der Waals surface area (Å²) in [6.45, 7) is 0. The summed E-state index contributed by atoms with van der Waals surface area (Å²) >= 11 is 0. The monoisotopic (exact) mass is 182 g/mol. The van der Waals surface area contributed by atoms with Crippen LogP contribution in [-0.2, 0) is 9.53 Å². The van der Waals surface area contributed by atoms with Crippen LogP contribution in [0.4, 0.5) is 0 Å². The third kappa shape index (κ3) is 1.72. The molecule has 0 unspecified atom stereocenters. The molecule has 0 heterocycles. The Hall–Kier alpha value is -0.530. The molecule has 2 saturated carbocycles. The zero-order chi connectivity index (χ0) is 9.26. The van der Waals surface area contributed by atoms with Gasteiger partial charge in [-0.3, -0.25) is 4.79 Å². The predicted molar refractivity (Wildman–Crippen MR) is 50.2 cm³/mol. The highest BCUT2D eigenvalue weighted by Crippen LogP contribution is 2.51. The van der Waals surface area contributed by atoms with Crippen molar-refractivity contribution >= 4 is 5.97 Å². The summed E-state index contributed by atoms with van der Waals surface area (Å²) in [6, 6.07) is 0. The van der Waals surface area contributed by atoms with Crippen LogP contribution in [0.1, 0.15) is 38.5 Å². The molecule has 0 aromatic heterocycles. The average Bonchev–Trinajstić information content (AvgIpc) is 2.73. The van der Waals surface area contributed by atoms with Crippen LogP contribution in [0.25, 0.3) is 0 Å². The minimum absolute atomic E-state index is 0.0358. The standard InChI is InChI=1S/C11H18O2/c1-13-11(12)7-6-10-8-2-3-9(10)5-4-8/h8-10H,2-7H2,1H3. The Kier molecular flexibility index (Phi) is 2.56. The fourth-order valence-electron chi connectivity index (χ4n) is 3.24. The van der Waals surface area contributed by atoms with E-state index in [1.165, 1.54) is 32.8 Å². The topological polar surface area (TPSA) is 26.3 Å². The summed E-state index contributed by atoms with van der Waals surface area (Å²) in [5.74, 6) is 2.69. The van der Waals surface area contributed by atoms with E-state index in [0.29, 0.717) is 6.42 Å². The van der Waals surface area contributed by atoms with Gasteiger partial charge >= 0.3 is 5.97 Å². The first-order chi connectivity index (χ1) is 6.31. The van der Waals surface area contributed by atoms with Gasteiger partial charge in [-0.1, -0.05) is 0 Å². The van der Waals surface area contributed by atoms with Gasteiger partial charge in [0.15, 0.2) is 0 Å². The summed E-state index contributed by atoms with van der Waals surface area (Å²) in [4.78, 5) is 11.0. The van der Waals surface area contributed by atoms with E-state index in [4.69, 9.17) is 0 Å². The van der Waals surface area contributed by atoms with Crippen LogP contribution in [0, 0.1) is 17.8 Å². The van der Waals surface area contributed by atoms with Crippen molar-refractivity contribution in [3.05, 3.63) is 0 Å². The quantitative estimate of drug-likeness (QED) is 0.626. The molecule has 2 bridgehead atoms. The van der Waals surface area contributed by atoms with E-state index >= 15 is 0 Å². The number of methoxy groups -OCH3 is 1. The van der Waals surface area contributed by atoms with Crippen LogP contribution in [0.2, 0.25) is 0 Å². The molecule has 74 valence electrons. The van der Waals surface area contributed by atoms with Crippen molar-refractivity contribution in [3.63, 3.8) is 0 Å². The van der Waals surface area contributed by atoms with Crippen LogP contribution in [0.15, 0.2) is 0 Å². The van der Waals surface area contributed by atoms with Gasteiger partial charge in [0.25, 0.3) is 0 Å². The fourth-order valence-corrected chi connectivity index (χ4v) is 3.24. The second kappa shape index (κ2) is 3.69. The number of esters is 1. The summed E-state index contributed by atoms with van der Waals surface area (Å²) in [5, 5.41) is 0. The van der Waals surface area contributed by atoms with Gasteiger partial charge in [0, 0.05) is 6.42 Å². The van der Waals surface area contributed by atoms with Gasteiger partial charge in [-0.2, -0.15) is 0 Å². The third-order valence-corrected chi connectivity index (χ3v) is 3.94. The van der Waals surface area contributed by atoms with Gasteiger partial charge in [-0.25, -0.2) is 0 Å². The Morgan fingerprint density at radius 3 is 2.23 bits per heavy atom. The lowest BCUT2D eigenvalue weighted by Gasteiger charge is -2.13. The minimum Gasteiger partial charge on any atom is -0.469 e. The van der Waals surface area contributed by atoms with E-state index in [1.807, 2.05) is 0 Å².